The fourth-order valence-electron chi connectivity index (χ4n) is 2.44. The summed E-state index contributed by atoms with van der Waals surface area (Å²) in [6.07, 6.45) is -3.21. The number of carbonyl (C=O) groups is 1. The molecule has 118 valence electrons. The molecule has 1 heterocycles. The number of hydrogen-bond donors (Lipinski definition) is 2. The van der Waals surface area contributed by atoms with Gasteiger partial charge in [0.2, 0.25) is 0 Å². The van der Waals surface area contributed by atoms with Crippen LogP contribution in [0.2, 0.25) is 0 Å². The molecule has 0 aliphatic heterocycles. The van der Waals surface area contributed by atoms with Crippen LogP contribution >= 0.6 is 11.3 Å². The standard InChI is InChI=1S/C13H18F3N3OS/c1-8-7-21-11(18-8)6-17-12(20)19-10-4-2-9(3-5-10)13(14,15)16/h7,9-10H,2-6H2,1H3,(H2,17,19,20). The lowest BCUT2D eigenvalue weighted by Crippen LogP contribution is -2.44. The molecule has 1 aromatic heterocycles. The lowest BCUT2D eigenvalue weighted by Gasteiger charge is -2.30. The van der Waals surface area contributed by atoms with E-state index >= 15 is 0 Å². The van der Waals surface area contributed by atoms with Gasteiger partial charge in [0.15, 0.2) is 0 Å². The zero-order valence-corrected chi connectivity index (χ0v) is 12.5. The molecule has 1 aromatic rings. The van der Waals surface area contributed by atoms with Gasteiger partial charge in [0, 0.05) is 17.1 Å². The number of nitrogens with zero attached hydrogens (tertiary/aromatic N) is 1. The van der Waals surface area contributed by atoms with Crippen LogP contribution in [0.1, 0.15) is 36.4 Å². The Morgan fingerprint density at radius 1 is 1.38 bits per heavy atom. The molecule has 0 bridgehead atoms. The van der Waals surface area contributed by atoms with Crippen molar-refractivity contribution in [1.29, 1.82) is 0 Å². The third kappa shape index (κ3) is 4.87. The van der Waals surface area contributed by atoms with Crippen LogP contribution in [0.5, 0.6) is 0 Å². The van der Waals surface area contributed by atoms with E-state index in [0.717, 1.165) is 10.7 Å². The van der Waals surface area contributed by atoms with Gasteiger partial charge >= 0.3 is 12.2 Å². The van der Waals surface area contributed by atoms with Crippen molar-refractivity contribution in [3.8, 4) is 0 Å². The molecule has 2 rings (SSSR count). The van der Waals surface area contributed by atoms with Gasteiger partial charge in [0.05, 0.1) is 12.5 Å². The minimum atomic E-state index is -4.12. The Hall–Kier alpha value is -1.31. The van der Waals surface area contributed by atoms with Crippen molar-refractivity contribution < 1.29 is 18.0 Å². The molecule has 2 amide bonds. The van der Waals surface area contributed by atoms with Gasteiger partial charge in [-0.1, -0.05) is 0 Å². The van der Waals surface area contributed by atoms with Crippen LogP contribution < -0.4 is 10.6 Å². The highest BCUT2D eigenvalue weighted by Crippen LogP contribution is 2.37. The molecular weight excluding hydrogens is 303 g/mol. The van der Waals surface area contributed by atoms with Crippen LogP contribution in [-0.2, 0) is 6.54 Å². The second-order valence-electron chi connectivity index (χ2n) is 5.30. The van der Waals surface area contributed by atoms with E-state index in [1.165, 1.54) is 11.3 Å². The zero-order valence-electron chi connectivity index (χ0n) is 11.7. The van der Waals surface area contributed by atoms with Gasteiger partial charge in [0.1, 0.15) is 5.01 Å². The van der Waals surface area contributed by atoms with Crippen molar-refractivity contribution in [3.63, 3.8) is 0 Å². The van der Waals surface area contributed by atoms with E-state index in [0.29, 0.717) is 19.4 Å². The highest BCUT2D eigenvalue weighted by atomic mass is 32.1. The Morgan fingerprint density at radius 2 is 2.05 bits per heavy atom. The maximum Gasteiger partial charge on any atom is 0.391 e. The molecule has 1 aliphatic carbocycles. The maximum absolute atomic E-state index is 12.5. The van der Waals surface area contributed by atoms with Crippen molar-refractivity contribution >= 4 is 17.4 Å². The number of aromatic nitrogens is 1. The van der Waals surface area contributed by atoms with Gasteiger partial charge < -0.3 is 10.6 Å². The predicted octanol–water partition coefficient (Wildman–Crippen LogP) is 3.37. The summed E-state index contributed by atoms with van der Waals surface area (Å²) in [7, 11) is 0. The second-order valence-corrected chi connectivity index (χ2v) is 6.24. The molecule has 1 aliphatic rings. The van der Waals surface area contributed by atoms with Crippen LogP contribution in [0.15, 0.2) is 5.38 Å². The van der Waals surface area contributed by atoms with Crippen molar-refractivity contribution in [3.05, 3.63) is 16.1 Å². The van der Waals surface area contributed by atoms with Crippen molar-refractivity contribution in [2.75, 3.05) is 0 Å². The van der Waals surface area contributed by atoms with Gasteiger partial charge in [-0.2, -0.15) is 13.2 Å². The molecule has 1 fully saturated rings. The summed E-state index contributed by atoms with van der Waals surface area (Å²) >= 11 is 1.46. The minimum absolute atomic E-state index is 0.0835. The summed E-state index contributed by atoms with van der Waals surface area (Å²) in [5, 5.41) is 8.11. The fraction of sp³-hybridized carbons (Fsp3) is 0.692. The first kappa shape index (κ1) is 16.1. The highest BCUT2D eigenvalue weighted by molar-refractivity contribution is 7.09. The van der Waals surface area contributed by atoms with E-state index in [9.17, 15) is 18.0 Å². The molecule has 2 N–H and O–H groups in total. The third-order valence-corrected chi connectivity index (χ3v) is 4.56. The average molecular weight is 321 g/mol. The zero-order chi connectivity index (χ0) is 15.5. The summed E-state index contributed by atoms with van der Waals surface area (Å²) < 4.78 is 37.6. The number of thiazole rings is 1. The third-order valence-electron chi connectivity index (χ3n) is 3.59. The summed E-state index contributed by atoms with van der Waals surface area (Å²) in [6, 6.07) is -0.528. The predicted molar refractivity (Wildman–Crippen MR) is 74.0 cm³/mol. The van der Waals surface area contributed by atoms with Gasteiger partial charge in [-0.3, -0.25) is 0 Å². The number of carbonyl (C=O) groups excluding carboxylic acids is 1. The molecule has 1 saturated carbocycles. The van der Waals surface area contributed by atoms with Crippen molar-refractivity contribution in [1.82, 2.24) is 15.6 Å². The Kier molecular flexibility index (Phi) is 5.08. The Labute approximate surface area is 125 Å². The lowest BCUT2D eigenvalue weighted by molar-refractivity contribution is -0.182. The first-order valence-electron chi connectivity index (χ1n) is 6.86. The average Bonchev–Trinajstić information content (AvgIpc) is 2.82. The monoisotopic (exact) mass is 321 g/mol. The topological polar surface area (TPSA) is 54.0 Å². The molecule has 0 saturated heterocycles. The molecule has 0 atom stereocenters. The van der Waals surface area contributed by atoms with Crippen LogP contribution in [0.4, 0.5) is 18.0 Å². The number of nitrogens with one attached hydrogen (secondary N) is 2. The maximum atomic E-state index is 12.5. The first-order valence-corrected chi connectivity index (χ1v) is 7.74. The lowest BCUT2D eigenvalue weighted by atomic mass is 9.86. The summed E-state index contributed by atoms with van der Waals surface area (Å²) in [6.45, 7) is 2.21. The van der Waals surface area contributed by atoms with E-state index < -0.39 is 12.1 Å². The molecule has 4 nitrogen and oxygen atoms in total. The van der Waals surface area contributed by atoms with E-state index in [1.807, 2.05) is 12.3 Å². The molecule has 21 heavy (non-hydrogen) atoms. The number of amides is 2. The van der Waals surface area contributed by atoms with Crippen LogP contribution in [0, 0.1) is 12.8 Å². The fourth-order valence-corrected chi connectivity index (χ4v) is 3.15. The largest absolute Gasteiger partial charge is 0.391 e. The van der Waals surface area contributed by atoms with Gasteiger partial charge in [-0.25, -0.2) is 9.78 Å². The Bertz CT molecular complexity index is 481. The molecule has 0 radical (unpaired) electrons. The molecular formula is C13H18F3N3OS. The van der Waals surface area contributed by atoms with E-state index in [2.05, 4.69) is 15.6 Å². The van der Waals surface area contributed by atoms with E-state index in [-0.39, 0.29) is 24.9 Å². The normalized spacial score (nSPS) is 22.9. The molecule has 0 unspecified atom stereocenters. The van der Waals surface area contributed by atoms with Gasteiger partial charge in [0.25, 0.3) is 0 Å². The van der Waals surface area contributed by atoms with Gasteiger partial charge in [-0.05, 0) is 32.6 Å². The van der Waals surface area contributed by atoms with Crippen LogP contribution in [-0.4, -0.2) is 23.2 Å². The SMILES string of the molecule is Cc1csc(CNC(=O)NC2CCC(C(F)(F)F)CC2)n1. The smallest absolute Gasteiger partial charge is 0.335 e. The number of halogens is 3. The number of aryl methyl sites for hydroxylation is 1. The van der Waals surface area contributed by atoms with E-state index in [1.54, 1.807) is 0 Å². The van der Waals surface area contributed by atoms with Crippen LogP contribution in [0.3, 0.4) is 0 Å². The van der Waals surface area contributed by atoms with Crippen molar-refractivity contribution in [2.45, 2.75) is 51.4 Å². The Balaban J connectivity index is 1.69. The van der Waals surface area contributed by atoms with E-state index in [4.69, 9.17) is 0 Å². The minimum Gasteiger partial charge on any atom is -0.335 e. The summed E-state index contributed by atoms with van der Waals surface area (Å²) in [4.78, 5) is 15.9. The first-order chi connectivity index (χ1) is 9.84. The van der Waals surface area contributed by atoms with Crippen LogP contribution in [0.25, 0.3) is 0 Å². The molecule has 8 heteroatoms. The number of hydrogen-bond acceptors (Lipinski definition) is 3. The number of rotatable bonds is 3. The quantitative estimate of drug-likeness (QED) is 0.897. The Morgan fingerprint density at radius 3 is 2.57 bits per heavy atom. The molecule has 0 spiro atoms. The number of urea groups is 1. The summed E-state index contributed by atoms with van der Waals surface area (Å²) in [5.41, 5.74) is 0.905. The summed E-state index contributed by atoms with van der Waals surface area (Å²) in [5.74, 6) is -1.23. The second kappa shape index (κ2) is 6.64. The van der Waals surface area contributed by atoms with Gasteiger partial charge in [-0.15, -0.1) is 11.3 Å². The highest BCUT2D eigenvalue weighted by Gasteiger charge is 2.41. The van der Waals surface area contributed by atoms with Crippen molar-refractivity contribution in [2.24, 2.45) is 5.92 Å². The molecule has 0 aromatic carbocycles. The number of alkyl halides is 3.